The van der Waals surface area contributed by atoms with Gasteiger partial charge in [-0.2, -0.15) is 4.31 Å². The highest BCUT2D eigenvalue weighted by Gasteiger charge is 2.46. The van der Waals surface area contributed by atoms with E-state index < -0.39 is 15.3 Å². The molecular weight excluding hydrogens is 242 g/mol. The van der Waals surface area contributed by atoms with Gasteiger partial charge in [-0.1, -0.05) is 0 Å². The van der Waals surface area contributed by atoms with E-state index in [0.29, 0.717) is 13.1 Å². The van der Waals surface area contributed by atoms with Crippen LogP contribution in [0.4, 0.5) is 0 Å². The minimum Gasteiger partial charge on any atom is -0.354 e. The molecule has 3 unspecified atom stereocenters. The van der Waals surface area contributed by atoms with Gasteiger partial charge in [-0.15, -0.1) is 0 Å². The van der Waals surface area contributed by atoms with Gasteiger partial charge in [0.2, 0.25) is 15.9 Å². The molecule has 0 radical (unpaired) electrons. The zero-order chi connectivity index (χ0) is 12.6. The van der Waals surface area contributed by atoms with Gasteiger partial charge in [0.05, 0.1) is 17.2 Å². The number of nitrogens with two attached hydrogens (primary N) is 1. The highest BCUT2D eigenvalue weighted by atomic mass is 32.2. The third-order valence-corrected chi connectivity index (χ3v) is 6.03. The van der Waals surface area contributed by atoms with Crippen molar-refractivity contribution in [3.8, 4) is 0 Å². The molecule has 6 nitrogen and oxygen atoms in total. The Kier molecular flexibility index (Phi) is 3.42. The Labute approximate surface area is 102 Å². The summed E-state index contributed by atoms with van der Waals surface area (Å²) in [7, 11) is -3.37. The molecule has 2 aliphatic rings. The summed E-state index contributed by atoms with van der Waals surface area (Å²) in [5.74, 6) is -0.196. The first-order chi connectivity index (χ1) is 7.98. The smallest absolute Gasteiger partial charge is 0.224 e. The van der Waals surface area contributed by atoms with Gasteiger partial charge in [-0.05, 0) is 19.8 Å². The normalized spacial score (nSPS) is 32.0. The van der Waals surface area contributed by atoms with E-state index in [4.69, 9.17) is 5.73 Å². The number of sulfonamides is 1. The van der Waals surface area contributed by atoms with E-state index in [1.165, 1.54) is 4.31 Å². The molecule has 0 aromatic rings. The summed E-state index contributed by atoms with van der Waals surface area (Å²) in [6.07, 6.45) is 1.52. The monoisotopic (exact) mass is 261 g/mol. The van der Waals surface area contributed by atoms with E-state index in [9.17, 15) is 13.2 Å². The van der Waals surface area contributed by atoms with E-state index >= 15 is 0 Å². The highest BCUT2D eigenvalue weighted by Crippen LogP contribution is 2.30. The SMILES string of the molecule is CC(CN)S(=O)(=O)N1CCCC2C(=O)NCC21. The number of fused-ring (bicyclic) bond motifs is 1. The van der Waals surface area contributed by atoms with Crippen molar-refractivity contribution in [2.24, 2.45) is 11.7 Å². The average molecular weight is 261 g/mol. The first-order valence-corrected chi connectivity index (χ1v) is 7.47. The minimum absolute atomic E-state index is 0.0182. The molecule has 0 aliphatic carbocycles. The van der Waals surface area contributed by atoms with Crippen LogP contribution < -0.4 is 11.1 Å². The largest absolute Gasteiger partial charge is 0.354 e. The van der Waals surface area contributed by atoms with Crippen LogP contribution in [0, 0.1) is 5.92 Å². The summed E-state index contributed by atoms with van der Waals surface area (Å²) >= 11 is 0. The Bertz CT molecular complexity index is 409. The van der Waals surface area contributed by atoms with Crippen molar-refractivity contribution in [2.75, 3.05) is 19.6 Å². The molecule has 2 saturated heterocycles. The second-order valence-corrected chi connectivity index (χ2v) is 7.07. The number of rotatable bonds is 3. The summed E-state index contributed by atoms with van der Waals surface area (Å²) in [6, 6.07) is -0.213. The number of hydrogen-bond acceptors (Lipinski definition) is 4. The molecule has 98 valence electrons. The van der Waals surface area contributed by atoms with E-state index in [0.717, 1.165) is 12.8 Å². The van der Waals surface area contributed by atoms with Gasteiger partial charge in [-0.25, -0.2) is 8.42 Å². The van der Waals surface area contributed by atoms with Gasteiger partial charge >= 0.3 is 0 Å². The quantitative estimate of drug-likeness (QED) is 0.672. The molecule has 17 heavy (non-hydrogen) atoms. The van der Waals surface area contributed by atoms with Crippen molar-refractivity contribution in [1.29, 1.82) is 0 Å². The van der Waals surface area contributed by atoms with Crippen LogP contribution in [0.15, 0.2) is 0 Å². The van der Waals surface area contributed by atoms with Crippen LogP contribution in [0.1, 0.15) is 19.8 Å². The third kappa shape index (κ3) is 2.07. The van der Waals surface area contributed by atoms with Crippen molar-refractivity contribution >= 4 is 15.9 Å². The molecule has 0 saturated carbocycles. The molecule has 0 aromatic heterocycles. The highest BCUT2D eigenvalue weighted by molar-refractivity contribution is 7.89. The molecule has 3 atom stereocenters. The fourth-order valence-corrected chi connectivity index (χ4v) is 4.27. The van der Waals surface area contributed by atoms with Crippen molar-refractivity contribution in [3.63, 3.8) is 0 Å². The van der Waals surface area contributed by atoms with Crippen LogP contribution in [0.5, 0.6) is 0 Å². The zero-order valence-electron chi connectivity index (χ0n) is 9.93. The lowest BCUT2D eigenvalue weighted by Gasteiger charge is -2.36. The standard InChI is InChI=1S/C10H19N3O3S/c1-7(5-11)17(15,16)13-4-2-3-8-9(13)6-12-10(8)14/h7-9H,2-6,11H2,1H3,(H,12,14). The molecule has 7 heteroatoms. The maximum atomic E-state index is 12.3. The van der Waals surface area contributed by atoms with Gasteiger partial charge in [-0.3, -0.25) is 4.79 Å². The van der Waals surface area contributed by atoms with Crippen LogP contribution in [0.25, 0.3) is 0 Å². The van der Waals surface area contributed by atoms with E-state index in [-0.39, 0.29) is 24.4 Å². The number of nitrogens with zero attached hydrogens (tertiary/aromatic N) is 1. The maximum Gasteiger partial charge on any atom is 0.224 e. The van der Waals surface area contributed by atoms with Gasteiger partial charge in [0.15, 0.2) is 0 Å². The molecule has 2 rings (SSSR count). The lowest BCUT2D eigenvalue weighted by Crippen LogP contribution is -2.52. The van der Waals surface area contributed by atoms with Crippen molar-refractivity contribution in [2.45, 2.75) is 31.1 Å². The van der Waals surface area contributed by atoms with E-state index in [1.807, 2.05) is 0 Å². The molecule has 2 fully saturated rings. The van der Waals surface area contributed by atoms with Gasteiger partial charge in [0.1, 0.15) is 0 Å². The number of amides is 1. The van der Waals surface area contributed by atoms with E-state index in [1.54, 1.807) is 6.92 Å². The first kappa shape index (κ1) is 12.8. The second kappa shape index (κ2) is 4.55. The predicted molar refractivity (Wildman–Crippen MR) is 63.7 cm³/mol. The molecule has 2 aliphatic heterocycles. The van der Waals surface area contributed by atoms with Crippen LogP contribution in [-0.4, -0.2) is 49.6 Å². The molecule has 3 N–H and O–H groups in total. The summed E-state index contributed by atoms with van der Waals surface area (Å²) in [4.78, 5) is 11.6. The number of nitrogens with one attached hydrogen (secondary N) is 1. The van der Waals surface area contributed by atoms with Crippen molar-refractivity contribution in [1.82, 2.24) is 9.62 Å². The minimum atomic E-state index is -3.37. The first-order valence-electron chi connectivity index (χ1n) is 5.97. The Morgan fingerprint density at radius 1 is 1.59 bits per heavy atom. The number of piperidine rings is 1. The Balaban J connectivity index is 2.24. The lowest BCUT2D eigenvalue weighted by molar-refractivity contribution is -0.123. The fraction of sp³-hybridized carbons (Fsp3) is 0.900. The topological polar surface area (TPSA) is 92.5 Å². The van der Waals surface area contributed by atoms with Crippen molar-refractivity contribution in [3.05, 3.63) is 0 Å². The van der Waals surface area contributed by atoms with Crippen LogP contribution in [0.3, 0.4) is 0 Å². The maximum absolute atomic E-state index is 12.3. The molecule has 0 spiro atoms. The third-order valence-electron chi connectivity index (χ3n) is 3.72. The Morgan fingerprint density at radius 3 is 2.94 bits per heavy atom. The van der Waals surface area contributed by atoms with Crippen LogP contribution >= 0.6 is 0 Å². The van der Waals surface area contributed by atoms with E-state index in [2.05, 4.69) is 5.32 Å². The molecule has 0 aromatic carbocycles. The predicted octanol–water partition coefficient (Wildman–Crippen LogP) is -1.13. The second-order valence-electron chi connectivity index (χ2n) is 4.76. The lowest BCUT2D eigenvalue weighted by atomic mass is 9.93. The summed E-state index contributed by atoms with van der Waals surface area (Å²) in [5.41, 5.74) is 5.44. The summed E-state index contributed by atoms with van der Waals surface area (Å²) < 4.78 is 26.0. The molecule has 0 bridgehead atoms. The number of carbonyl (C=O) groups is 1. The van der Waals surface area contributed by atoms with Crippen LogP contribution in [-0.2, 0) is 14.8 Å². The summed E-state index contributed by atoms with van der Waals surface area (Å²) in [5, 5.41) is 2.16. The Morgan fingerprint density at radius 2 is 2.29 bits per heavy atom. The molecule has 2 heterocycles. The zero-order valence-corrected chi connectivity index (χ0v) is 10.7. The number of hydrogen-bond donors (Lipinski definition) is 2. The number of carbonyl (C=O) groups excluding carboxylic acids is 1. The van der Waals surface area contributed by atoms with Crippen LogP contribution in [0.2, 0.25) is 0 Å². The average Bonchev–Trinajstić information content (AvgIpc) is 2.70. The van der Waals surface area contributed by atoms with Gasteiger partial charge < -0.3 is 11.1 Å². The fourth-order valence-electron chi connectivity index (χ4n) is 2.58. The van der Waals surface area contributed by atoms with Gasteiger partial charge in [0, 0.05) is 19.6 Å². The molecular formula is C10H19N3O3S. The van der Waals surface area contributed by atoms with Crippen molar-refractivity contribution < 1.29 is 13.2 Å². The molecule has 1 amide bonds. The van der Waals surface area contributed by atoms with Gasteiger partial charge in [0.25, 0.3) is 0 Å². The summed E-state index contributed by atoms with van der Waals surface area (Å²) in [6.45, 7) is 2.66. The Hall–Kier alpha value is -0.660.